The summed E-state index contributed by atoms with van der Waals surface area (Å²) in [6, 6.07) is 14.3. The Morgan fingerprint density at radius 1 is 1.24 bits per heavy atom. The van der Waals surface area contributed by atoms with Crippen molar-refractivity contribution in [2.75, 3.05) is 7.05 Å². The molecule has 1 aromatic heterocycles. The van der Waals surface area contributed by atoms with E-state index >= 15 is 0 Å². The summed E-state index contributed by atoms with van der Waals surface area (Å²) in [5.41, 5.74) is 1.66. The summed E-state index contributed by atoms with van der Waals surface area (Å²) in [5, 5.41) is 12.6. The lowest BCUT2D eigenvalue weighted by Gasteiger charge is -2.30. The number of aromatic nitrogens is 2. The van der Waals surface area contributed by atoms with Crippen molar-refractivity contribution in [1.29, 1.82) is 0 Å². The van der Waals surface area contributed by atoms with Crippen LogP contribution >= 0.6 is 0 Å². The third kappa shape index (κ3) is 3.72. The molecular weight excluding hydrogens is 314 g/mol. The maximum atomic E-state index is 12.5. The van der Waals surface area contributed by atoms with Crippen LogP contribution in [0.25, 0.3) is 10.8 Å². The van der Waals surface area contributed by atoms with Gasteiger partial charge >= 0.3 is 0 Å². The number of imidazole rings is 1. The molecule has 1 heterocycles. The minimum atomic E-state index is -0.619. The van der Waals surface area contributed by atoms with E-state index < -0.39 is 6.10 Å². The van der Waals surface area contributed by atoms with Gasteiger partial charge in [0.25, 0.3) is 5.91 Å². The highest BCUT2D eigenvalue weighted by Crippen LogP contribution is 2.22. The van der Waals surface area contributed by atoms with Gasteiger partial charge in [0, 0.05) is 7.05 Å². The largest absolute Gasteiger partial charge is 0.391 e. The van der Waals surface area contributed by atoms with E-state index in [1.165, 1.54) is 28.9 Å². The van der Waals surface area contributed by atoms with Crippen LogP contribution in [-0.2, 0) is 6.42 Å². The molecule has 0 aliphatic carbocycles. The molecule has 1 amide bonds. The van der Waals surface area contributed by atoms with Crippen LogP contribution in [0.2, 0.25) is 0 Å². The molecule has 3 rings (SSSR count). The number of nitrogens with one attached hydrogen (secondary N) is 1. The van der Waals surface area contributed by atoms with Gasteiger partial charge in [-0.25, -0.2) is 4.98 Å². The standard InChI is InChI=1S/C20H23N3O2/c1-14(24)19(23(2)20(25)18-12-21-13-22-18)11-10-16-8-5-7-15-6-3-4-9-17(15)16/h3-9,12-14,19,24H,10-11H2,1-2H3,(H,21,22)/t14-,19+/m0/s1. The minimum Gasteiger partial charge on any atom is -0.391 e. The number of aliphatic hydroxyl groups excluding tert-OH is 1. The van der Waals surface area contributed by atoms with E-state index in [9.17, 15) is 9.90 Å². The van der Waals surface area contributed by atoms with E-state index in [1.54, 1.807) is 18.9 Å². The fourth-order valence-corrected chi connectivity index (χ4v) is 3.29. The fraction of sp³-hybridized carbons (Fsp3) is 0.300. The number of aryl methyl sites for hydroxylation is 1. The van der Waals surface area contributed by atoms with Crippen molar-refractivity contribution in [3.05, 3.63) is 66.2 Å². The van der Waals surface area contributed by atoms with Crippen LogP contribution in [0.5, 0.6) is 0 Å². The molecule has 0 saturated heterocycles. The Balaban J connectivity index is 1.77. The molecule has 2 atom stereocenters. The van der Waals surface area contributed by atoms with Crippen molar-refractivity contribution >= 4 is 16.7 Å². The molecule has 2 N–H and O–H groups in total. The normalized spacial score (nSPS) is 13.6. The average molecular weight is 337 g/mol. The van der Waals surface area contributed by atoms with Crippen molar-refractivity contribution in [2.24, 2.45) is 0 Å². The van der Waals surface area contributed by atoms with Gasteiger partial charge in [-0.15, -0.1) is 0 Å². The first kappa shape index (κ1) is 17.2. The Labute approximate surface area is 147 Å². The van der Waals surface area contributed by atoms with Crippen LogP contribution < -0.4 is 0 Å². The lowest BCUT2D eigenvalue weighted by atomic mass is 9.96. The molecule has 0 aliphatic rings. The number of nitrogens with zero attached hydrogens (tertiary/aromatic N) is 2. The highest BCUT2D eigenvalue weighted by molar-refractivity contribution is 5.92. The molecule has 0 bridgehead atoms. The minimum absolute atomic E-state index is 0.165. The first-order chi connectivity index (χ1) is 12.1. The predicted molar refractivity (Wildman–Crippen MR) is 98.4 cm³/mol. The van der Waals surface area contributed by atoms with Gasteiger partial charge in [0.05, 0.1) is 24.7 Å². The second kappa shape index (κ2) is 7.49. The number of H-pyrrole nitrogens is 1. The Bertz CT molecular complexity index is 838. The maximum Gasteiger partial charge on any atom is 0.271 e. The summed E-state index contributed by atoms with van der Waals surface area (Å²) in [7, 11) is 1.73. The first-order valence-electron chi connectivity index (χ1n) is 8.48. The van der Waals surface area contributed by atoms with Crippen LogP contribution in [0.3, 0.4) is 0 Å². The number of hydrogen-bond acceptors (Lipinski definition) is 3. The monoisotopic (exact) mass is 337 g/mol. The maximum absolute atomic E-state index is 12.5. The highest BCUT2D eigenvalue weighted by Gasteiger charge is 2.25. The molecule has 0 saturated carbocycles. The molecule has 130 valence electrons. The number of likely N-dealkylation sites (N-methyl/N-ethyl adjacent to an activating group) is 1. The van der Waals surface area contributed by atoms with E-state index in [0.29, 0.717) is 12.1 Å². The second-order valence-corrected chi connectivity index (χ2v) is 6.37. The average Bonchev–Trinajstić information content (AvgIpc) is 3.15. The molecule has 25 heavy (non-hydrogen) atoms. The number of fused-ring (bicyclic) bond motifs is 1. The first-order valence-corrected chi connectivity index (χ1v) is 8.48. The van der Waals surface area contributed by atoms with Gasteiger partial charge < -0.3 is 15.0 Å². The Morgan fingerprint density at radius 2 is 2.00 bits per heavy atom. The summed E-state index contributed by atoms with van der Waals surface area (Å²) in [5.74, 6) is -0.165. The SMILES string of the molecule is C[C@H](O)[C@@H](CCc1cccc2ccccc12)N(C)C(=O)c1cnc[nH]1. The van der Waals surface area contributed by atoms with Crippen LogP contribution in [-0.4, -0.2) is 45.1 Å². The van der Waals surface area contributed by atoms with Gasteiger partial charge in [-0.2, -0.15) is 0 Å². The van der Waals surface area contributed by atoms with Crippen LogP contribution in [0.1, 0.15) is 29.4 Å². The Kier molecular flexibility index (Phi) is 5.14. The van der Waals surface area contributed by atoms with Crippen molar-refractivity contribution < 1.29 is 9.90 Å². The molecule has 0 spiro atoms. The van der Waals surface area contributed by atoms with Gasteiger partial charge in [0.15, 0.2) is 0 Å². The zero-order valence-electron chi connectivity index (χ0n) is 14.5. The summed E-state index contributed by atoms with van der Waals surface area (Å²) in [6.45, 7) is 1.73. The zero-order valence-corrected chi connectivity index (χ0v) is 14.5. The second-order valence-electron chi connectivity index (χ2n) is 6.37. The molecule has 0 radical (unpaired) electrons. The summed E-state index contributed by atoms with van der Waals surface area (Å²) >= 11 is 0. The number of aliphatic hydroxyl groups is 1. The van der Waals surface area contributed by atoms with Crippen LogP contribution in [0.4, 0.5) is 0 Å². The molecule has 5 heteroatoms. The van der Waals surface area contributed by atoms with Crippen molar-refractivity contribution in [3.8, 4) is 0 Å². The number of hydrogen-bond donors (Lipinski definition) is 2. The van der Waals surface area contributed by atoms with E-state index in [4.69, 9.17) is 0 Å². The molecule has 0 unspecified atom stereocenters. The number of benzene rings is 2. The number of carbonyl (C=O) groups excluding carboxylic acids is 1. The molecule has 5 nitrogen and oxygen atoms in total. The summed E-state index contributed by atoms with van der Waals surface area (Å²) < 4.78 is 0. The highest BCUT2D eigenvalue weighted by atomic mass is 16.3. The van der Waals surface area contributed by atoms with E-state index in [0.717, 1.165) is 6.42 Å². The predicted octanol–water partition coefficient (Wildman–Crippen LogP) is 3.02. The summed E-state index contributed by atoms with van der Waals surface area (Å²) in [4.78, 5) is 20.8. The van der Waals surface area contributed by atoms with E-state index in [2.05, 4.69) is 40.3 Å². The number of aromatic amines is 1. The van der Waals surface area contributed by atoms with E-state index in [-0.39, 0.29) is 11.9 Å². The molecule has 0 fully saturated rings. The quantitative estimate of drug-likeness (QED) is 0.726. The lowest BCUT2D eigenvalue weighted by molar-refractivity contribution is 0.0469. The number of rotatable bonds is 6. The molecular formula is C20H23N3O2. The van der Waals surface area contributed by atoms with Crippen molar-refractivity contribution in [2.45, 2.75) is 31.9 Å². The fourth-order valence-electron chi connectivity index (χ4n) is 3.29. The van der Waals surface area contributed by atoms with Gasteiger partial charge in [0.2, 0.25) is 0 Å². The Hall–Kier alpha value is -2.66. The number of amides is 1. The molecule has 3 aromatic rings. The lowest BCUT2D eigenvalue weighted by Crippen LogP contribution is -2.44. The van der Waals surface area contributed by atoms with Crippen molar-refractivity contribution in [3.63, 3.8) is 0 Å². The third-order valence-corrected chi connectivity index (χ3v) is 4.69. The molecule has 2 aromatic carbocycles. The van der Waals surface area contributed by atoms with Gasteiger partial charge in [0.1, 0.15) is 5.69 Å². The third-order valence-electron chi connectivity index (χ3n) is 4.69. The Morgan fingerprint density at radius 3 is 2.72 bits per heavy atom. The van der Waals surface area contributed by atoms with Crippen molar-refractivity contribution in [1.82, 2.24) is 14.9 Å². The smallest absolute Gasteiger partial charge is 0.271 e. The van der Waals surface area contributed by atoms with Gasteiger partial charge in [-0.1, -0.05) is 42.5 Å². The van der Waals surface area contributed by atoms with Gasteiger partial charge in [-0.3, -0.25) is 4.79 Å². The van der Waals surface area contributed by atoms with Crippen LogP contribution in [0, 0.1) is 0 Å². The van der Waals surface area contributed by atoms with Crippen LogP contribution in [0.15, 0.2) is 55.0 Å². The van der Waals surface area contributed by atoms with Gasteiger partial charge in [-0.05, 0) is 36.1 Å². The van der Waals surface area contributed by atoms with E-state index in [1.807, 2.05) is 12.1 Å². The molecule has 0 aliphatic heterocycles. The summed E-state index contributed by atoms with van der Waals surface area (Å²) in [6.07, 6.45) is 3.84. The zero-order chi connectivity index (χ0) is 17.8. The number of carbonyl (C=O) groups is 1. The topological polar surface area (TPSA) is 69.2 Å².